The molecule has 2 saturated heterocycles. The Morgan fingerprint density at radius 1 is 1.00 bits per heavy atom. The van der Waals surface area contributed by atoms with Gasteiger partial charge in [0.25, 0.3) is 0 Å². The second kappa shape index (κ2) is 18.8. The third kappa shape index (κ3) is 11.2. The van der Waals surface area contributed by atoms with E-state index < -0.39 is 96.8 Å². The number of aliphatic hydroxyl groups is 4. The zero-order valence-corrected chi connectivity index (χ0v) is 32.0. The molecule has 0 aromatic heterocycles. The lowest BCUT2D eigenvalue weighted by Gasteiger charge is -2.50. The summed E-state index contributed by atoms with van der Waals surface area (Å²) in [4.78, 5) is 40.3. The predicted octanol–water partition coefficient (Wildman–Crippen LogP) is 2.70. The van der Waals surface area contributed by atoms with Crippen molar-refractivity contribution < 1.29 is 58.5 Å². The van der Waals surface area contributed by atoms with Crippen LogP contribution in [0.1, 0.15) is 87.5 Å². The lowest BCUT2D eigenvalue weighted by molar-refractivity contribution is -0.341. The molecule has 3 aliphatic heterocycles. The molecule has 3 heterocycles. The van der Waals surface area contributed by atoms with Crippen LogP contribution in [0.4, 0.5) is 0 Å². The number of rotatable bonds is 8. The molecule has 4 N–H and O–H groups in total. The summed E-state index contributed by atoms with van der Waals surface area (Å²) in [5.74, 6) is -2.69. The Bertz CT molecular complexity index is 1220. The molecule has 16 atom stereocenters. The van der Waals surface area contributed by atoms with E-state index in [1.165, 1.54) is 13.0 Å². The van der Waals surface area contributed by atoms with Crippen LogP contribution in [0.25, 0.3) is 0 Å². The Balaban J connectivity index is 1.95. The third-order valence-electron chi connectivity index (χ3n) is 10.8. The number of aliphatic hydroxyl groups excluding tert-OH is 3. The molecule has 0 radical (unpaired) electrons. The summed E-state index contributed by atoms with van der Waals surface area (Å²) in [6.45, 7) is 14.1. The second-order valence-electron chi connectivity index (χ2n) is 15.5. The first-order valence-electron chi connectivity index (χ1n) is 18.4. The van der Waals surface area contributed by atoms with Gasteiger partial charge in [0.05, 0.1) is 42.5 Å². The minimum absolute atomic E-state index is 0.00788. The molecule has 0 amide bonds. The van der Waals surface area contributed by atoms with Gasteiger partial charge in [0.1, 0.15) is 30.7 Å². The Morgan fingerprint density at radius 2 is 1.67 bits per heavy atom. The Morgan fingerprint density at radius 3 is 2.25 bits per heavy atom. The quantitative estimate of drug-likeness (QED) is 0.212. The fraction of sp³-hybridized carbons (Fsp3) is 0.816. The van der Waals surface area contributed by atoms with E-state index in [-0.39, 0.29) is 37.4 Å². The van der Waals surface area contributed by atoms with Crippen molar-refractivity contribution in [2.24, 2.45) is 23.7 Å². The molecular formula is C38H63NO12. The SMILES string of the molecule is CCC1OC(=O)CC(O)C(C)C(O[C@H]2O[C@@H](C)[C@H](O[C@@H]3C[C@](C)(O)[C@H](O)[C@@H](C)O3)[C@H](N(C)C)[C@H]2O)C(CC=O)CC(C)C(=O)/C=C/C(C)=C/C1C. The molecule has 0 saturated carbocycles. The summed E-state index contributed by atoms with van der Waals surface area (Å²) in [5, 5.41) is 44.4. The number of esters is 1. The Kier molecular flexibility index (Phi) is 16.0. The van der Waals surface area contributed by atoms with Crippen molar-refractivity contribution in [3.8, 4) is 0 Å². The lowest BCUT2D eigenvalue weighted by atomic mass is 9.79. The smallest absolute Gasteiger partial charge is 0.308 e. The van der Waals surface area contributed by atoms with Crippen molar-refractivity contribution >= 4 is 18.0 Å². The number of aldehydes is 1. The number of allylic oxidation sites excluding steroid dienone is 3. The normalized spacial score (nSPS) is 45.5. The summed E-state index contributed by atoms with van der Waals surface area (Å²) in [7, 11) is 3.54. The highest BCUT2D eigenvalue weighted by atomic mass is 16.7. The van der Waals surface area contributed by atoms with Gasteiger partial charge in [0, 0.05) is 30.6 Å². The van der Waals surface area contributed by atoms with Crippen LogP contribution in [0.2, 0.25) is 0 Å². The number of carbonyl (C=O) groups is 3. The van der Waals surface area contributed by atoms with Crippen LogP contribution in [0.5, 0.6) is 0 Å². The average Bonchev–Trinajstić information content (AvgIpc) is 3.04. The molecule has 51 heavy (non-hydrogen) atoms. The third-order valence-corrected chi connectivity index (χ3v) is 10.8. The minimum atomic E-state index is -1.46. The van der Waals surface area contributed by atoms with Gasteiger partial charge in [0.15, 0.2) is 18.4 Å². The van der Waals surface area contributed by atoms with Gasteiger partial charge in [-0.25, -0.2) is 0 Å². The van der Waals surface area contributed by atoms with Crippen molar-refractivity contribution in [2.45, 2.75) is 161 Å². The molecule has 3 rings (SSSR count). The number of ether oxygens (including phenoxy) is 5. The van der Waals surface area contributed by atoms with Crippen molar-refractivity contribution in [1.82, 2.24) is 4.90 Å². The molecule has 0 aliphatic carbocycles. The van der Waals surface area contributed by atoms with Gasteiger partial charge >= 0.3 is 5.97 Å². The monoisotopic (exact) mass is 725 g/mol. The van der Waals surface area contributed by atoms with Crippen LogP contribution >= 0.6 is 0 Å². The van der Waals surface area contributed by atoms with E-state index in [1.54, 1.807) is 52.8 Å². The molecule has 13 nitrogen and oxygen atoms in total. The number of nitrogens with zero attached hydrogens (tertiary/aromatic N) is 1. The number of likely N-dealkylation sites (N-methyl/N-ethyl adjacent to an activating group) is 1. The van der Waals surface area contributed by atoms with E-state index in [1.807, 2.05) is 26.8 Å². The molecule has 292 valence electrons. The highest BCUT2D eigenvalue weighted by molar-refractivity contribution is 5.91. The molecule has 7 unspecified atom stereocenters. The van der Waals surface area contributed by atoms with Gasteiger partial charge < -0.3 is 53.8 Å². The number of cyclic esters (lactones) is 1. The van der Waals surface area contributed by atoms with Gasteiger partial charge in [-0.15, -0.1) is 0 Å². The van der Waals surface area contributed by atoms with Gasteiger partial charge in [-0.05, 0) is 66.6 Å². The van der Waals surface area contributed by atoms with E-state index in [4.69, 9.17) is 23.7 Å². The van der Waals surface area contributed by atoms with Crippen LogP contribution in [-0.4, -0.2) is 131 Å². The standard InChI is InChI=1S/C38H63NO12/c1-11-29-22(4)16-20(2)12-13-27(41)21(3)17-26(14-15-40)34(23(5)28(42)18-30(43)49-29)51-37-33(44)32(39(9)10)35(24(6)48-37)50-31-19-38(8,46)36(45)25(7)47-31/h12-13,15-16,21-26,28-29,31-37,42,44-46H,11,14,17-19H2,1-10H3/b13-12+,20-16+/t21?,22?,23?,24-,25+,26?,28?,29?,31+,32+,33+,34?,35-,36+,37+,38-/m0/s1. The maximum atomic E-state index is 13.3. The zero-order valence-electron chi connectivity index (χ0n) is 32.0. The summed E-state index contributed by atoms with van der Waals surface area (Å²) in [6.07, 6.45) is -2.93. The van der Waals surface area contributed by atoms with E-state index in [0.717, 1.165) is 11.9 Å². The number of carbonyl (C=O) groups excluding carboxylic acids is 3. The first kappa shape index (κ1) is 43.3. The molecule has 13 heteroatoms. The van der Waals surface area contributed by atoms with E-state index in [9.17, 15) is 34.8 Å². The first-order chi connectivity index (χ1) is 23.8. The van der Waals surface area contributed by atoms with Crippen molar-refractivity contribution in [2.75, 3.05) is 14.1 Å². The molecular weight excluding hydrogens is 662 g/mol. The minimum Gasteiger partial charge on any atom is -0.462 e. The highest BCUT2D eigenvalue weighted by Gasteiger charge is 2.51. The largest absolute Gasteiger partial charge is 0.462 e. The molecule has 3 aliphatic rings. The number of hydrogen-bond acceptors (Lipinski definition) is 13. The Labute approximate surface area is 303 Å². The van der Waals surface area contributed by atoms with E-state index in [2.05, 4.69) is 0 Å². The molecule has 0 aromatic rings. The van der Waals surface area contributed by atoms with Gasteiger partial charge in [-0.2, -0.15) is 0 Å². The zero-order chi connectivity index (χ0) is 38.4. The van der Waals surface area contributed by atoms with Crippen molar-refractivity contribution in [3.63, 3.8) is 0 Å². The van der Waals surface area contributed by atoms with E-state index in [0.29, 0.717) is 6.42 Å². The summed E-state index contributed by atoms with van der Waals surface area (Å²) in [6, 6.07) is -0.699. The molecule has 2 fully saturated rings. The van der Waals surface area contributed by atoms with Crippen molar-refractivity contribution in [1.29, 1.82) is 0 Å². The predicted molar refractivity (Wildman–Crippen MR) is 188 cm³/mol. The van der Waals surface area contributed by atoms with E-state index >= 15 is 0 Å². The maximum absolute atomic E-state index is 13.3. The first-order valence-corrected chi connectivity index (χ1v) is 18.4. The average molecular weight is 726 g/mol. The van der Waals surface area contributed by atoms with Crippen molar-refractivity contribution in [3.05, 3.63) is 23.8 Å². The maximum Gasteiger partial charge on any atom is 0.308 e. The lowest BCUT2D eigenvalue weighted by Crippen LogP contribution is -2.65. The van der Waals surface area contributed by atoms with Crippen LogP contribution in [0.3, 0.4) is 0 Å². The molecule has 0 spiro atoms. The summed E-state index contributed by atoms with van der Waals surface area (Å²) in [5.41, 5.74) is -0.619. The number of hydrogen-bond donors (Lipinski definition) is 4. The molecule has 0 aromatic carbocycles. The number of ketones is 1. The van der Waals surface area contributed by atoms with Crippen LogP contribution < -0.4 is 0 Å². The van der Waals surface area contributed by atoms with Gasteiger partial charge in [0.2, 0.25) is 0 Å². The fourth-order valence-electron chi connectivity index (χ4n) is 7.67. The van der Waals surface area contributed by atoms with Gasteiger partial charge in [-0.1, -0.05) is 45.4 Å². The molecule has 0 bridgehead atoms. The highest BCUT2D eigenvalue weighted by Crippen LogP contribution is 2.37. The second-order valence-corrected chi connectivity index (χ2v) is 15.5. The topological polar surface area (TPSA) is 182 Å². The van der Waals surface area contributed by atoms with Crippen LogP contribution in [0.15, 0.2) is 23.8 Å². The fourth-order valence-corrected chi connectivity index (χ4v) is 7.67. The van der Waals surface area contributed by atoms with Crippen LogP contribution in [-0.2, 0) is 38.1 Å². The van der Waals surface area contributed by atoms with Gasteiger partial charge in [-0.3, -0.25) is 9.59 Å². The summed E-state index contributed by atoms with van der Waals surface area (Å²) < 4.78 is 30.8. The van der Waals surface area contributed by atoms with Crippen LogP contribution in [0, 0.1) is 23.7 Å². The Hall–Kier alpha value is -2.07. The summed E-state index contributed by atoms with van der Waals surface area (Å²) >= 11 is 0.